The van der Waals surface area contributed by atoms with Crippen LogP contribution in [-0.2, 0) is 35.0 Å². The third-order valence-electron chi connectivity index (χ3n) is 5.89. The first kappa shape index (κ1) is 30.0. The molecule has 0 atom stereocenters. The zero-order valence-electron chi connectivity index (χ0n) is 24.4. The molecule has 3 rings (SSSR count). The third kappa shape index (κ3) is 9.02. The number of hydrogen-bond donors (Lipinski definition) is 0. The molecule has 0 fully saturated rings. The fraction of sp³-hybridized carbons (Fsp3) is 0.455. The van der Waals surface area contributed by atoms with Crippen LogP contribution in [-0.4, -0.2) is 36.4 Å². The maximum atomic E-state index is 12.3. The summed E-state index contributed by atoms with van der Waals surface area (Å²) < 4.78 is 22.3. The molecule has 0 radical (unpaired) electrons. The minimum Gasteiger partial charge on any atom is -0.489 e. The minimum absolute atomic E-state index is 0.184. The van der Waals surface area contributed by atoms with E-state index in [0.717, 1.165) is 51.2 Å². The van der Waals surface area contributed by atoms with Crippen molar-refractivity contribution in [2.24, 2.45) is 0 Å². The van der Waals surface area contributed by atoms with Crippen molar-refractivity contribution in [3.8, 4) is 0 Å². The molecule has 0 aliphatic heterocycles. The number of carbonyl (C=O) groups excluding carboxylic acids is 2. The van der Waals surface area contributed by atoms with Crippen LogP contribution in [0.4, 0.5) is 0 Å². The second-order valence-corrected chi connectivity index (χ2v) is 11.7. The van der Waals surface area contributed by atoms with Crippen molar-refractivity contribution in [3.63, 3.8) is 0 Å². The predicted molar refractivity (Wildman–Crippen MR) is 156 cm³/mol. The van der Waals surface area contributed by atoms with Crippen molar-refractivity contribution >= 4 is 46.0 Å². The number of esters is 2. The summed E-state index contributed by atoms with van der Waals surface area (Å²) in [6.07, 6.45) is 7.70. The van der Waals surface area contributed by atoms with Crippen molar-refractivity contribution < 1.29 is 28.5 Å². The van der Waals surface area contributed by atoms with E-state index in [0.29, 0.717) is 0 Å². The zero-order valence-corrected chi connectivity index (χ0v) is 24.4. The van der Waals surface area contributed by atoms with Crippen molar-refractivity contribution in [2.75, 3.05) is 13.2 Å². The Balaban J connectivity index is 2.10. The van der Waals surface area contributed by atoms with Gasteiger partial charge >= 0.3 is 11.9 Å². The molecule has 6 nitrogen and oxygen atoms in total. The smallest absolute Gasteiger partial charge is 0.344 e. The summed E-state index contributed by atoms with van der Waals surface area (Å²) in [4.78, 5) is 24.5. The molecule has 39 heavy (non-hydrogen) atoms. The molecule has 0 aliphatic carbocycles. The lowest BCUT2D eigenvalue weighted by molar-refractivity contribution is -0.158. The first-order chi connectivity index (χ1) is 18.4. The minimum atomic E-state index is -0.579. The second-order valence-electron chi connectivity index (χ2n) is 11.7. The first-order valence-corrected chi connectivity index (χ1v) is 13.7. The molecule has 0 saturated heterocycles. The zero-order chi connectivity index (χ0) is 28.6. The van der Waals surface area contributed by atoms with Crippen molar-refractivity contribution in [3.05, 3.63) is 58.5 Å². The molecular weight excluding hydrogens is 492 g/mol. The molecule has 210 valence electrons. The summed E-state index contributed by atoms with van der Waals surface area (Å²) in [5.41, 5.74) is 0.0723. The summed E-state index contributed by atoms with van der Waals surface area (Å²) in [6, 6.07) is 14.4. The molecule has 0 saturated carbocycles. The molecule has 0 heterocycles. The standard InChI is InChI=1S/C33H42O6/c1-8-9-10-13-23-16-17-26-27(18-23)29(20-37-22-31(35)39-33(5,6)7)25-15-12-11-14-24(25)28(26)19-36-21-30(34)38-32(2,3)4/h11-12,14-20H,8-10,13,21-22H2,1-7H3. The van der Waals surface area contributed by atoms with E-state index in [4.69, 9.17) is 18.9 Å². The number of hydrogen-bond acceptors (Lipinski definition) is 6. The molecule has 0 bridgehead atoms. The topological polar surface area (TPSA) is 71.1 Å². The van der Waals surface area contributed by atoms with Gasteiger partial charge in [0.25, 0.3) is 0 Å². The van der Waals surface area contributed by atoms with Gasteiger partial charge in [-0.25, -0.2) is 9.59 Å². The van der Waals surface area contributed by atoms with Gasteiger partial charge in [-0.1, -0.05) is 62.2 Å². The molecule has 0 N–H and O–H groups in total. The highest BCUT2D eigenvalue weighted by molar-refractivity contribution is 6.00. The highest BCUT2D eigenvalue weighted by atomic mass is 16.6. The van der Waals surface area contributed by atoms with Crippen molar-refractivity contribution in [1.82, 2.24) is 0 Å². The van der Waals surface area contributed by atoms with Crippen LogP contribution < -0.4 is 10.4 Å². The van der Waals surface area contributed by atoms with E-state index in [1.165, 1.54) is 12.0 Å². The van der Waals surface area contributed by atoms with Gasteiger partial charge in [-0.05, 0) is 81.5 Å². The van der Waals surface area contributed by atoms with Crippen LogP contribution >= 0.6 is 0 Å². The molecule has 0 amide bonds. The Labute approximate surface area is 231 Å². The maximum absolute atomic E-state index is 12.3. The van der Waals surface area contributed by atoms with Gasteiger partial charge in [-0.3, -0.25) is 0 Å². The Hall–Kier alpha value is -3.54. The average molecular weight is 535 g/mol. The monoisotopic (exact) mass is 534 g/mol. The summed E-state index contributed by atoms with van der Waals surface area (Å²) >= 11 is 0. The number of benzene rings is 3. The van der Waals surface area contributed by atoms with Crippen LogP contribution in [0, 0.1) is 0 Å². The molecular formula is C33H42O6. The Morgan fingerprint density at radius 3 is 1.67 bits per heavy atom. The molecule has 0 unspecified atom stereocenters. The molecule has 0 spiro atoms. The van der Waals surface area contributed by atoms with Crippen molar-refractivity contribution in [2.45, 2.75) is 85.4 Å². The predicted octanol–water partition coefficient (Wildman–Crippen LogP) is 5.92. The SMILES string of the molecule is CCCCCc1ccc2c(=COCC(=O)OC(C)(C)C)c3ccccc3c(=COCC(=O)OC(C)(C)C)c2c1. The number of carbonyl (C=O) groups is 2. The van der Waals surface area contributed by atoms with Crippen LogP contribution in [0.3, 0.4) is 0 Å². The number of unbranched alkanes of at least 4 members (excludes halogenated alkanes) is 2. The Morgan fingerprint density at radius 1 is 0.692 bits per heavy atom. The normalized spacial score (nSPS) is 13.1. The van der Waals surface area contributed by atoms with Crippen LogP contribution in [0.15, 0.2) is 42.5 Å². The van der Waals surface area contributed by atoms with Gasteiger partial charge in [0.1, 0.15) is 11.2 Å². The fourth-order valence-corrected chi connectivity index (χ4v) is 4.41. The lowest BCUT2D eigenvalue weighted by Crippen LogP contribution is -2.26. The van der Waals surface area contributed by atoms with Crippen LogP contribution in [0.5, 0.6) is 0 Å². The van der Waals surface area contributed by atoms with E-state index in [1.54, 1.807) is 12.5 Å². The van der Waals surface area contributed by atoms with Gasteiger partial charge < -0.3 is 18.9 Å². The second kappa shape index (κ2) is 13.0. The Kier molecular flexibility index (Phi) is 10.0. The molecule has 0 aromatic heterocycles. The van der Waals surface area contributed by atoms with Gasteiger partial charge in [0, 0.05) is 10.4 Å². The largest absolute Gasteiger partial charge is 0.489 e. The van der Waals surface area contributed by atoms with Crippen LogP contribution in [0.25, 0.3) is 34.1 Å². The van der Waals surface area contributed by atoms with E-state index in [1.807, 2.05) is 65.8 Å². The van der Waals surface area contributed by atoms with E-state index < -0.39 is 23.1 Å². The Bertz CT molecular complexity index is 1420. The summed E-state index contributed by atoms with van der Waals surface area (Å²) in [5.74, 6) is -0.848. The van der Waals surface area contributed by atoms with Crippen molar-refractivity contribution in [1.29, 1.82) is 0 Å². The van der Waals surface area contributed by atoms with Gasteiger partial charge in [-0.2, -0.15) is 0 Å². The van der Waals surface area contributed by atoms with Gasteiger partial charge in [0.2, 0.25) is 0 Å². The summed E-state index contributed by atoms with van der Waals surface area (Å²) in [6.45, 7) is 12.8. The highest BCUT2D eigenvalue weighted by Gasteiger charge is 2.17. The summed E-state index contributed by atoms with van der Waals surface area (Å²) in [7, 11) is 0. The van der Waals surface area contributed by atoms with E-state index in [-0.39, 0.29) is 13.2 Å². The number of aryl methyl sites for hydroxylation is 1. The van der Waals surface area contributed by atoms with E-state index in [2.05, 4.69) is 25.1 Å². The van der Waals surface area contributed by atoms with Crippen LogP contribution in [0.1, 0.15) is 73.3 Å². The lowest BCUT2D eigenvalue weighted by atomic mass is 9.95. The van der Waals surface area contributed by atoms with E-state index in [9.17, 15) is 9.59 Å². The third-order valence-corrected chi connectivity index (χ3v) is 5.89. The number of rotatable bonds is 10. The number of ether oxygens (including phenoxy) is 4. The summed E-state index contributed by atoms with van der Waals surface area (Å²) in [5, 5.41) is 5.59. The molecule has 0 aliphatic rings. The molecule has 3 aromatic carbocycles. The van der Waals surface area contributed by atoms with Gasteiger partial charge in [0.05, 0.1) is 12.5 Å². The van der Waals surface area contributed by atoms with Crippen LogP contribution in [0.2, 0.25) is 0 Å². The molecule has 6 heteroatoms. The average Bonchev–Trinajstić information content (AvgIpc) is 2.83. The lowest BCUT2D eigenvalue weighted by Gasteiger charge is -2.19. The van der Waals surface area contributed by atoms with E-state index >= 15 is 0 Å². The van der Waals surface area contributed by atoms with Gasteiger partial charge in [0.15, 0.2) is 13.2 Å². The maximum Gasteiger partial charge on any atom is 0.344 e. The quantitative estimate of drug-likeness (QED) is 0.183. The Morgan fingerprint density at radius 2 is 1.18 bits per heavy atom. The fourth-order valence-electron chi connectivity index (χ4n) is 4.41. The highest BCUT2D eigenvalue weighted by Crippen LogP contribution is 2.18. The first-order valence-electron chi connectivity index (χ1n) is 13.7. The molecule has 3 aromatic rings. The van der Waals surface area contributed by atoms with Gasteiger partial charge in [-0.15, -0.1) is 0 Å². The number of fused-ring (bicyclic) bond motifs is 2.